The summed E-state index contributed by atoms with van der Waals surface area (Å²) < 4.78 is 27.3. The lowest BCUT2D eigenvalue weighted by molar-refractivity contribution is -0.135. The summed E-state index contributed by atoms with van der Waals surface area (Å²) >= 11 is 43.3. The molecule has 0 saturated carbocycles. The number of benzene rings is 7. The van der Waals surface area contributed by atoms with E-state index in [2.05, 4.69) is 91.2 Å². The topological polar surface area (TPSA) is 237 Å². The van der Waals surface area contributed by atoms with E-state index in [9.17, 15) is 37.2 Å². The summed E-state index contributed by atoms with van der Waals surface area (Å²) in [6.07, 6.45) is 14.3. The Morgan fingerprint density at radius 2 is 0.924 bits per heavy atom. The van der Waals surface area contributed by atoms with Crippen molar-refractivity contribution in [3.05, 3.63) is 196 Å². The summed E-state index contributed by atoms with van der Waals surface area (Å²) in [5.74, 6) is -0.167. The maximum atomic E-state index is 13.8. The zero-order valence-corrected chi connectivity index (χ0v) is 74.9. The standard InChI is InChI=1S/C32H41ClN4O4S.C31H34Cl4N4O2.C27H42Cl2N4O2/c1-4-23(24-8-6-5-7-9-24)21-37-17-15-29(36-30(32(37)39)14-16-35-42(40,41)22(2)3)20-34-31(38)27-11-10-26-19-28(33)13-12-25(26)18-27;32-24-7-6-20-14-22(5-4-21(20)15-24)30(40)36-18-26-8-13-39(19-23-16-25(33)17-27(34)29(23)35)31(41)28(37-26)9-12-38-10-2-1-3-11-38;1-4-27(3,5-2)19-33-16-11-21(18-30-25(34)20-9-10-22(28)23(29)17-20)31-24(26(33)35)12-15-32-13-7-6-8-14-32/h5-13,18-19,22-23,29-30,35-36H,4,14-17,20-21H2,1-3H3,(H,34,38);4-7,14-17,26,28,37H,1-3,8-13,18-19H2,(H,36,40);9-10,17,21,24,31H,4-8,11-16,18-19H2,1-3H3,(H,30,34)/t23-,29+,30+;26-,28-;21-,24-/m100/s1. The summed E-state index contributed by atoms with van der Waals surface area (Å²) in [5, 5.41) is 26.3. The number of carbonyl (C=O) groups is 6. The fourth-order valence-corrected chi connectivity index (χ4v) is 18.1. The summed E-state index contributed by atoms with van der Waals surface area (Å²) in [7, 11) is -3.45. The molecule has 0 aromatic heterocycles. The zero-order valence-electron chi connectivity index (χ0n) is 68.8. The molecule has 20 nitrogen and oxygen atoms in total. The Balaban J connectivity index is 0.000000187. The van der Waals surface area contributed by atoms with Gasteiger partial charge >= 0.3 is 0 Å². The number of rotatable bonds is 30. The van der Waals surface area contributed by atoms with Crippen LogP contribution in [0, 0.1) is 5.41 Å². The highest BCUT2D eigenvalue weighted by atomic mass is 35.5. The van der Waals surface area contributed by atoms with Gasteiger partial charge in [0.2, 0.25) is 27.7 Å². The second kappa shape index (κ2) is 45.7. The Kier molecular flexibility index (Phi) is 36.3. The van der Waals surface area contributed by atoms with Crippen molar-refractivity contribution < 1.29 is 37.2 Å². The fourth-order valence-electron chi connectivity index (χ4n) is 16.0. The number of hydrogen-bond acceptors (Lipinski definition) is 13. The predicted octanol–water partition coefficient (Wildman–Crippen LogP) is 16.5. The van der Waals surface area contributed by atoms with Crippen molar-refractivity contribution in [3.63, 3.8) is 0 Å². The van der Waals surface area contributed by atoms with E-state index >= 15 is 0 Å². The highest BCUT2D eigenvalue weighted by molar-refractivity contribution is 7.90. The third-order valence-electron chi connectivity index (χ3n) is 23.9. The molecule has 5 aliphatic rings. The van der Waals surface area contributed by atoms with Gasteiger partial charge in [0.15, 0.2) is 0 Å². The maximum absolute atomic E-state index is 13.8. The quantitative estimate of drug-likeness (QED) is 0.0208. The monoisotopic (exact) mass is 1770 g/mol. The molecule has 5 saturated heterocycles. The van der Waals surface area contributed by atoms with Crippen LogP contribution in [0.5, 0.6) is 0 Å². The molecule has 0 radical (unpaired) electrons. The average Bonchev–Trinajstić information content (AvgIpc) is 1.36. The third kappa shape index (κ3) is 27.6. The van der Waals surface area contributed by atoms with Crippen LogP contribution in [-0.2, 0) is 31.0 Å². The van der Waals surface area contributed by atoms with Crippen molar-refractivity contribution in [1.29, 1.82) is 0 Å². The minimum atomic E-state index is -3.45. The predicted molar refractivity (Wildman–Crippen MR) is 482 cm³/mol. The number of halogens is 7. The minimum Gasteiger partial charge on any atom is -0.350 e. The Hall–Kier alpha value is -6.38. The van der Waals surface area contributed by atoms with Gasteiger partial charge in [0.05, 0.1) is 43.5 Å². The van der Waals surface area contributed by atoms with Gasteiger partial charge < -0.3 is 56.4 Å². The van der Waals surface area contributed by atoms with Crippen LogP contribution in [0.15, 0.2) is 133 Å². The average molecular weight is 1780 g/mol. The van der Waals surface area contributed by atoms with Crippen LogP contribution in [0.25, 0.3) is 21.5 Å². The van der Waals surface area contributed by atoms with Gasteiger partial charge in [-0.15, -0.1) is 0 Å². The number of fused-ring (bicyclic) bond motifs is 2. The molecule has 6 amide bonds. The van der Waals surface area contributed by atoms with Gasteiger partial charge in [-0.3, -0.25) is 28.8 Å². The van der Waals surface area contributed by atoms with E-state index < -0.39 is 21.3 Å². The summed E-state index contributed by atoms with van der Waals surface area (Å²) in [6, 6.07) is 39.3. The van der Waals surface area contributed by atoms with Crippen molar-refractivity contribution in [2.24, 2.45) is 5.41 Å². The molecule has 7 aromatic carbocycles. The lowest BCUT2D eigenvalue weighted by atomic mass is 9.84. The van der Waals surface area contributed by atoms with Crippen LogP contribution in [0.2, 0.25) is 35.2 Å². The molecule has 640 valence electrons. The first-order valence-electron chi connectivity index (χ1n) is 42.0. The highest BCUT2D eigenvalue weighted by Crippen LogP contribution is 2.34. The largest absolute Gasteiger partial charge is 0.350 e. The van der Waals surface area contributed by atoms with E-state index in [0.29, 0.717) is 130 Å². The normalized spacial score (nSPS) is 20.3. The van der Waals surface area contributed by atoms with E-state index in [1.807, 2.05) is 82.6 Å². The van der Waals surface area contributed by atoms with Crippen LogP contribution in [0.1, 0.15) is 186 Å². The van der Waals surface area contributed by atoms with Crippen LogP contribution in [-0.4, -0.2) is 208 Å². The highest BCUT2D eigenvalue weighted by Gasteiger charge is 2.38. The van der Waals surface area contributed by atoms with E-state index in [1.165, 1.54) is 44.1 Å². The molecular weight excluding hydrogens is 1660 g/mol. The fraction of sp³-hybridized carbons (Fsp3) is 0.511. The summed E-state index contributed by atoms with van der Waals surface area (Å²) in [4.78, 5) is 90.8. The number of nitrogens with zero attached hydrogens (tertiary/aromatic N) is 5. The molecule has 118 heavy (non-hydrogen) atoms. The number of likely N-dealkylation sites (tertiary alicyclic amines) is 2. The number of nitrogens with one attached hydrogen (secondary N) is 7. The molecule has 0 spiro atoms. The van der Waals surface area contributed by atoms with Crippen molar-refractivity contribution in [3.8, 4) is 0 Å². The molecule has 12 rings (SSSR count). The van der Waals surface area contributed by atoms with Crippen LogP contribution < -0.4 is 36.6 Å². The van der Waals surface area contributed by atoms with E-state index in [1.54, 1.807) is 62.4 Å². The van der Waals surface area contributed by atoms with Gasteiger partial charge in [0.1, 0.15) is 0 Å². The van der Waals surface area contributed by atoms with Gasteiger partial charge in [-0.05, 0) is 240 Å². The molecule has 28 heteroatoms. The Morgan fingerprint density at radius 3 is 1.41 bits per heavy atom. The van der Waals surface area contributed by atoms with E-state index in [4.69, 9.17) is 81.2 Å². The first-order chi connectivity index (χ1) is 56.6. The van der Waals surface area contributed by atoms with Gasteiger partial charge in [-0.25, -0.2) is 13.1 Å². The van der Waals surface area contributed by atoms with Crippen molar-refractivity contribution in [1.82, 2.24) is 61.1 Å². The van der Waals surface area contributed by atoms with Crippen molar-refractivity contribution >= 4 is 148 Å². The third-order valence-corrected chi connectivity index (χ3v) is 28.0. The first kappa shape index (κ1) is 93.9. The lowest BCUT2D eigenvalue weighted by Gasteiger charge is -2.35. The number of carbonyl (C=O) groups excluding carboxylic acids is 6. The number of sulfonamides is 1. The second-order valence-electron chi connectivity index (χ2n) is 32.6. The SMILES string of the molecule is CCC(C)(CC)CN1CC[C@@H](CNC(=O)c2ccc(Cl)c(Cl)c2)N[C@@H](CCN2CCCCC2)C1=O.CC[C@H](CN1CC[C@@H](CNC(=O)c2ccc3cc(Cl)ccc3c2)N[C@@H](CCNS(=O)(=O)C(C)C)C1=O)c1ccccc1.O=C(NC[C@@H]1CCN(Cc2cc(Cl)cc(Cl)c2Cl)C(=O)[C@H](CCN2CCCCC2)N1)c1ccc2cc(Cl)ccc2c1. The first-order valence-corrected chi connectivity index (χ1v) is 46.2. The van der Waals surface area contributed by atoms with Crippen molar-refractivity contribution in [2.45, 2.75) is 192 Å². The van der Waals surface area contributed by atoms with Crippen LogP contribution >= 0.6 is 81.2 Å². The minimum absolute atomic E-state index is 0.0243. The molecule has 0 aliphatic carbocycles. The Bertz CT molecular complexity index is 4650. The van der Waals surface area contributed by atoms with Gasteiger partial charge in [0.25, 0.3) is 17.7 Å². The van der Waals surface area contributed by atoms with Crippen LogP contribution in [0.4, 0.5) is 0 Å². The second-order valence-corrected chi connectivity index (χ2v) is 37.9. The molecule has 7 N–H and O–H groups in total. The molecule has 5 aliphatic heterocycles. The molecule has 7 atom stereocenters. The molecule has 0 bridgehead atoms. The number of amides is 6. The summed E-state index contributed by atoms with van der Waals surface area (Å²) in [6.45, 7) is 23.0. The van der Waals surface area contributed by atoms with E-state index in [-0.39, 0.29) is 83.5 Å². The zero-order chi connectivity index (χ0) is 84.6. The number of hydrogen-bond donors (Lipinski definition) is 7. The van der Waals surface area contributed by atoms with E-state index in [0.717, 1.165) is 105 Å². The lowest BCUT2D eigenvalue weighted by Crippen LogP contribution is -2.51. The molecule has 0 unspecified atom stereocenters. The number of piperidine rings is 2. The van der Waals surface area contributed by atoms with Gasteiger partial charge in [-0.2, -0.15) is 0 Å². The van der Waals surface area contributed by atoms with Crippen molar-refractivity contribution in [2.75, 3.05) is 98.2 Å². The smallest absolute Gasteiger partial charge is 0.251 e. The molecule has 7 aromatic rings. The maximum Gasteiger partial charge on any atom is 0.251 e. The van der Waals surface area contributed by atoms with Gasteiger partial charge in [-0.1, -0.05) is 176 Å². The molecular formula is C90H117Cl7N12O8S. The Morgan fingerprint density at radius 1 is 0.483 bits per heavy atom. The van der Waals surface area contributed by atoms with Crippen LogP contribution in [0.3, 0.4) is 0 Å². The summed E-state index contributed by atoms with van der Waals surface area (Å²) in [5.41, 5.74) is 3.64. The molecule has 5 heterocycles. The Labute approximate surface area is 732 Å². The van der Waals surface area contributed by atoms with Gasteiger partial charge in [0, 0.05) is 134 Å². The molecule has 5 fully saturated rings.